The molecule has 0 aliphatic heterocycles. The lowest BCUT2D eigenvalue weighted by Crippen LogP contribution is -2.03. The number of carbonyl (C=O) groups is 1. The highest BCUT2D eigenvalue weighted by atomic mass is 19.3. The van der Waals surface area contributed by atoms with Crippen LogP contribution in [0.5, 0.6) is 5.75 Å². The molecule has 0 saturated carbocycles. The molecule has 25 heavy (non-hydrogen) atoms. The molecule has 1 aromatic heterocycles. The maximum atomic E-state index is 12.5. The number of pyridine rings is 1. The number of fused-ring (bicyclic) bond motifs is 1. The fraction of sp³-hybridized carbons (Fsp3) is 0.0526. The Balaban J connectivity index is 2.01. The van der Waals surface area contributed by atoms with Gasteiger partial charge in [0.2, 0.25) is 0 Å². The van der Waals surface area contributed by atoms with Crippen LogP contribution in [-0.2, 0) is 0 Å². The molecule has 6 heteroatoms. The number of halogens is 2. The average Bonchev–Trinajstić information content (AvgIpc) is 2.59. The zero-order valence-electron chi connectivity index (χ0n) is 12.9. The monoisotopic (exact) mass is 341 g/mol. The van der Waals surface area contributed by atoms with Crippen LogP contribution in [0.15, 0.2) is 54.6 Å². The summed E-state index contributed by atoms with van der Waals surface area (Å²) in [7, 11) is 0. The summed E-state index contributed by atoms with van der Waals surface area (Å²) < 4.78 is 29.4. The van der Waals surface area contributed by atoms with E-state index in [1.807, 2.05) is 0 Å². The first-order valence-corrected chi connectivity index (χ1v) is 7.39. The van der Waals surface area contributed by atoms with Gasteiger partial charge in [0, 0.05) is 10.9 Å². The van der Waals surface area contributed by atoms with E-state index in [4.69, 9.17) is 0 Å². The Kier molecular flexibility index (Phi) is 4.70. The highest BCUT2D eigenvalue weighted by Crippen LogP contribution is 2.24. The summed E-state index contributed by atoms with van der Waals surface area (Å²) in [4.78, 5) is 15.8. The number of rotatable bonds is 5. The third-order valence-corrected chi connectivity index (χ3v) is 3.54. The highest BCUT2D eigenvalue weighted by molar-refractivity contribution is 6.03. The standard InChI is InChI=1S/C19H13F2NO3/c20-19(21)25-17-8-4-1-5-12(17)9-10-13-11-15(18(23)24)14-6-2-3-7-16(14)22-13/h1-11,19H,(H,23,24). The molecule has 0 bridgehead atoms. The number of aromatic carboxylic acids is 1. The fourth-order valence-corrected chi connectivity index (χ4v) is 2.45. The molecule has 2 aromatic carbocycles. The van der Waals surface area contributed by atoms with Crippen molar-refractivity contribution in [3.05, 3.63) is 71.4 Å². The second kappa shape index (κ2) is 7.09. The van der Waals surface area contributed by atoms with E-state index in [0.717, 1.165) is 0 Å². The molecule has 1 N–H and O–H groups in total. The Morgan fingerprint density at radius 3 is 2.56 bits per heavy atom. The molecule has 0 fully saturated rings. The zero-order chi connectivity index (χ0) is 17.8. The van der Waals surface area contributed by atoms with Gasteiger partial charge in [-0.15, -0.1) is 0 Å². The summed E-state index contributed by atoms with van der Waals surface area (Å²) in [5, 5.41) is 9.92. The van der Waals surface area contributed by atoms with Crippen LogP contribution in [0.1, 0.15) is 21.6 Å². The molecule has 1 heterocycles. The largest absolute Gasteiger partial charge is 0.478 e. The predicted octanol–water partition coefficient (Wildman–Crippen LogP) is 4.70. The topological polar surface area (TPSA) is 59.4 Å². The minimum Gasteiger partial charge on any atom is -0.478 e. The van der Waals surface area contributed by atoms with E-state index in [1.165, 1.54) is 12.1 Å². The number of alkyl halides is 2. The summed E-state index contributed by atoms with van der Waals surface area (Å²) in [5.41, 5.74) is 1.51. The molecule has 0 atom stereocenters. The third-order valence-electron chi connectivity index (χ3n) is 3.54. The SMILES string of the molecule is O=C(O)c1cc(C=Cc2ccccc2OC(F)F)nc2ccccc12. The maximum absolute atomic E-state index is 12.5. The van der Waals surface area contributed by atoms with Crippen LogP contribution in [0.2, 0.25) is 0 Å². The normalized spacial score (nSPS) is 11.3. The molecule has 3 aromatic rings. The lowest BCUT2D eigenvalue weighted by atomic mass is 10.1. The second-order valence-electron chi connectivity index (χ2n) is 5.17. The second-order valence-corrected chi connectivity index (χ2v) is 5.17. The van der Waals surface area contributed by atoms with Gasteiger partial charge in [-0.2, -0.15) is 8.78 Å². The number of ether oxygens (including phenoxy) is 1. The Bertz CT molecular complexity index is 954. The Morgan fingerprint density at radius 1 is 1.08 bits per heavy atom. The van der Waals surface area contributed by atoms with Gasteiger partial charge >= 0.3 is 12.6 Å². The highest BCUT2D eigenvalue weighted by Gasteiger charge is 2.11. The fourth-order valence-electron chi connectivity index (χ4n) is 2.45. The summed E-state index contributed by atoms with van der Waals surface area (Å²) in [6.07, 6.45) is 3.12. The smallest absolute Gasteiger partial charge is 0.387 e. The van der Waals surface area contributed by atoms with E-state index in [2.05, 4.69) is 9.72 Å². The third kappa shape index (κ3) is 3.80. The van der Waals surface area contributed by atoms with E-state index >= 15 is 0 Å². The van der Waals surface area contributed by atoms with Crippen molar-refractivity contribution >= 4 is 29.0 Å². The van der Waals surface area contributed by atoms with Crippen molar-refractivity contribution in [2.75, 3.05) is 0 Å². The number of carboxylic acids is 1. The predicted molar refractivity (Wildman–Crippen MR) is 90.7 cm³/mol. The van der Waals surface area contributed by atoms with E-state index in [9.17, 15) is 18.7 Å². The molecule has 3 rings (SSSR count). The lowest BCUT2D eigenvalue weighted by Gasteiger charge is -2.07. The number of para-hydroxylation sites is 2. The molecule has 0 amide bonds. The van der Waals surface area contributed by atoms with Crippen LogP contribution in [-0.4, -0.2) is 22.7 Å². The van der Waals surface area contributed by atoms with Crippen molar-refractivity contribution < 1.29 is 23.4 Å². The van der Waals surface area contributed by atoms with Crippen molar-refractivity contribution in [1.82, 2.24) is 4.98 Å². The molecule has 126 valence electrons. The van der Waals surface area contributed by atoms with Crippen LogP contribution < -0.4 is 4.74 Å². The number of carboxylic acid groups (broad SMARTS) is 1. The number of nitrogens with zero attached hydrogens (tertiary/aromatic N) is 1. The Morgan fingerprint density at radius 2 is 1.80 bits per heavy atom. The molecule has 0 radical (unpaired) electrons. The Labute approximate surface area is 142 Å². The van der Waals surface area contributed by atoms with Gasteiger partial charge in [-0.3, -0.25) is 0 Å². The van der Waals surface area contributed by atoms with Gasteiger partial charge in [-0.1, -0.05) is 36.4 Å². The minimum absolute atomic E-state index is 0.0352. The van der Waals surface area contributed by atoms with E-state index in [1.54, 1.807) is 54.6 Å². The van der Waals surface area contributed by atoms with Crippen molar-refractivity contribution in [3.8, 4) is 5.75 Å². The van der Waals surface area contributed by atoms with Gasteiger partial charge in [-0.05, 0) is 30.4 Å². The molecule has 4 nitrogen and oxygen atoms in total. The van der Waals surface area contributed by atoms with Gasteiger partial charge in [0.25, 0.3) is 0 Å². The first kappa shape index (κ1) is 16.6. The summed E-state index contributed by atoms with van der Waals surface area (Å²) in [6.45, 7) is -2.92. The molecule has 0 aliphatic carbocycles. The number of aromatic nitrogens is 1. The molecular formula is C19H13F2NO3. The van der Waals surface area contributed by atoms with Gasteiger partial charge in [0.15, 0.2) is 0 Å². The molecule has 0 saturated heterocycles. The quantitative estimate of drug-likeness (QED) is 0.730. The van der Waals surface area contributed by atoms with E-state index < -0.39 is 12.6 Å². The van der Waals surface area contributed by atoms with Crippen molar-refractivity contribution in [3.63, 3.8) is 0 Å². The van der Waals surface area contributed by atoms with Gasteiger partial charge in [0.1, 0.15) is 5.75 Å². The van der Waals surface area contributed by atoms with Crippen LogP contribution in [0.4, 0.5) is 8.78 Å². The molecule has 0 aliphatic rings. The van der Waals surface area contributed by atoms with E-state index in [-0.39, 0.29) is 11.3 Å². The summed E-state index contributed by atoms with van der Waals surface area (Å²) in [5.74, 6) is -1.03. The zero-order valence-corrected chi connectivity index (χ0v) is 12.9. The molecule has 0 spiro atoms. The maximum Gasteiger partial charge on any atom is 0.387 e. The van der Waals surface area contributed by atoms with Crippen LogP contribution >= 0.6 is 0 Å². The molecular weight excluding hydrogens is 328 g/mol. The van der Waals surface area contributed by atoms with Gasteiger partial charge < -0.3 is 9.84 Å². The number of hydrogen-bond donors (Lipinski definition) is 1. The van der Waals surface area contributed by atoms with Gasteiger partial charge in [0.05, 0.1) is 16.8 Å². The average molecular weight is 341 g/mol. The number of hydrogen-bond acceptors (Lipinski definition) is 3. The number of benzene rings is 2. The summed E-state index contributed by atoms with van der Waals surface area (Å²) >= 11 is 0. The van der Waals surface area contributed by atoms with Crippen molar-refractivity contribution in [1.29, 1.82) is 0 Å². The summed E-state index contributed by atoms with van der Waals surface area (Å²) in [6, 6.07) is 14.7. The van der Waals surface area contributed by atoms with Crippen LogP contribution in [0, 0.1) is 0 Å². The van der Waals surface area contributed by atoms with Crippen molar-refractivity contribution in [2.24, 2.45) is 0 Å². The van der Waals surface area contributed by atoms with Crippen LogP contribution in [0.25, 0.3) is 23.1 Å². The lowest BCUT2D eigenvalue weighted by molar-refractivity contribution is -0.0499. The van der Waals surface area contributed by atoms with E-state index in [0.29, 0.717) is 22.2 Å². The first-order chi connectivity index (χ1) is 12.0. The first-order valence-electron chi connectivity index (χ1n) is 7.39. The van der Waals surface area contributed by atoms with Crippen molar-refractivity contribution in [2.45, 2.75) is 6.61 Å². The van der Waals surface area contributed by atoms with Crippen LogP contribution in [0.3, 0.4) is 0 Å². The minimum atomic E-state index is -2.92. The van der Waals surface area contributed by atoms with Gasteiger partial charge in [-0.25, -0.2) is 9.78 Å². The Hall–Kier alpha value is -3.28. The molecule has 0 unspecified atom stereocenters.